The Morgan fingerprint density at radius 1 is 1.27 bits per heavy atom. The minimum Gasteiger partial charge on any atom is -0.477 e. The van der Waals surface area contributed by atoms with Crippen molar-refractivity contribution in [2.24, 2.45) is 5.92 Å². The highest BCUT2D eigenvalue weighted by Gasteiger charge is 2.24. The molecule has 0 atom stereocenters. The first-order valence-corrected chi connectivity index (χ1v) is 8.98. The molecule has 1 fully saturated rings. The lowest BCUT2D eigenvalue weighted by molar-refractivity contribution is 0.0659. The van der Waals surface area contributed by atoms with Crippen LogP contribution in [0, 0.1) is 12.8 Å². The molecule has 0 spiro atoms. The maximum absolute atomic E-state index is 12.8. The second-order valence-electron chi connectivity index (χ2n) is 6.77. The van der Waals surface area contributed by atoms with Crippen LogP contribution in [-0.4, -0.2) is 45.5 Å². The van der Waals surface area contributed by atoms with Crippen LogP contribution in [0.2, 0.25) is 0 Å². The zero-order valence-electron chi connectivity index (χ0n) is 14.8. The summed E-state index contributed by atoms with van der Waals surface area (Å²) in [4.78, 5) is 26.5. The van der Waals surface area contributed by atoms with Gasteiger partial charge in [-0.05, 0) is 49.9 Å². The van der Waals surface area contributed by atoms with Crippen LogP contribution in [0.1, 0.15) is 29.0 Å². The number of aryl methyl sites for hydroxylation is 1. The molecule has 1 N–H and O–H groups in total. The summed E-state index contributed by atoms with van der Waals surface area (Å²) >= 11 is 0. The summed E-state index contributed by atoms with van der Waals surface area (Å²) in [7, 11) is 0. The highest BCUT2D eigenvalue weighted by atomic mass is 16.5. The number of carbonyl (C=O) groups is 1. The molecule has 6 heteroatoms. The number of amides is 1. The molecule has 1 aliphatic rings. The molecular weight excluding hydrogens is 328 g/mol. The number of pyridine rings is 1. The van der Waals surface area contributed by atoms with Crippen LogP contribution in [0.15, 0.2) is 42.6 Å². The maximum atomic E-state index is 12.8. The van der Waals surface area contributed by atoms with Gasteiger partial charge in [0.2, 0.25) is 5.88 Å². The first kappa shape index (κ1) is 16.6. The van der Waals surface area contributed by atoms with Gasteiger partial charge >= 0.3 is 0 Å². The van der Waals surface area contributed by atoms with Gasteiger partial charge in [-0.2, -0.15) is 0 Å². The summed E-state index contributed by atoms with van der Waals surface area (Å²) < 4.78 is 5.75. The van der Waals surface area contributed by atoms with E-state index in [1.54, 1.807) is 6.20 Å². The van der Waals surface area contributed by atoms with Crippen molar-refractivity contribution < 1.29 is 9.53 Å². The van der Waals surface area contributed by atoms with E-state index in [0.717, 1.165) is 42.8 Å². The van der Waals surface area contributed by atoms with E-state index in [-0.39, 0.29) is 5.91 Å². The zero-order chi connectivity index (χ0) is 17.9. The predicted octanol–water partition coefficient (Wildman–Crippen LogP) is 3.20. The lowest BCUT2D eigenvalue weighted by atomic mass is 9.97. The quantitative estimate of drug-likeness (QED) is 0.784. The van der Waals surface area contributed by atoms with E-state index in [4.69, 9.17) is 4.74 Å². The second-order valence-corrected chi connectivity index (χ2v) is 6.77. The number of aromatic amines is 1. The van der Waals surface area contributed by atoms with E-state index < -0.39 is 0 Å². The van der Waals surface area contributed by atoms with Gasteiger partial charge in [0, 0.05) is 30.9 Å². The van der Waals surface area contributed by atoms with Crippen molar-refractivity contribution in [3.63, 3.8) is 0 Å². The van der Waals surface area contributed by atoms with Crippen LogP contribution < -0.4 is 4.74 Å². The number of hydrogen-bond donors (Lipinski definition) is 1. The van der Waals surface area contributed by atoms with Crippen molar-refractivity contribution in [2.45, 2.75) is 19.8 Å². The Hall–Kier alpha value is -2.89. The number of aromatic nitrogens is 3. The largest absolute Gasteiger partial charge is 0.477 e. The third kappa shape index (κ3) is 3.54. The van der Waals surface area contributed by atoms with Gasteiger partial charge in [0.05, 0.1) is 17.6 Å². The first-order valence-electron chi connectivity index (χ1n) is 8.98. The molecule has 26 heavy (non-hydrogen) atoms. The zero-order valence-corrected chi connectivity index (χ0v) is 14.8. The van der Waals surface area contributed by atoms with Gasteiger partial charge in [-0.15, -0.1) is 0 Å². The van der Waals surface area contributed by atoms with Crippen LogP contribution in [-0.2, 0) is 0 Å². The van der Waals surface area contributed by atoms with Crippen molar-refractivity contribution in [3.05, 3.63) is 54.0 Å². The van der Waals surface area contributed by atoms with Crippen molar-refractivity contribution in [1.82, 2.24) is 19.9 Å². The van der Waals surface area contributed by atoms with Crippen LogP contribution in [0.5, 0.6) is 5.88 Å². The van der Waals surface area contributed by atoms with Crippen molar-refractivity contribution in [2.75, 3.05) is 19.7 Å². The van der Waals surface area contributed by atoms with E-state index in [2.05, 4.69) is 15.0 Å². The number of nitrogens with one attached hydrogen (secondary N) is 1. The Morgan fingerprint density at radius 3 is 2.88 bits per heavy atom. The molecule has 0 unspecified atom stereocenters. The van der Waals surface area contributed by atoms with E-state index in [1.165, 1.54) is 0 Å². The standard InChI is InChI=1S/C20H22N4O2/c1-14-22-17-6-5-16(12-18(17)23-14)20(25)24-10-7-15(8-11-24)13-26-19-4-2-3-9-21-19/h2-6,9,12,15H,7-8,10-11,13H2,1H3,(H,22,23). The molecule has 1 aliphatic heterocycles. The molecule has 6 nitrogen and oxygen atoms in total. The molecule has 0 bridgehead atoms. The van der Waals surface area contributed by atoms with Gasteiger partial charge in [-0.25, -0.2) is 9.97 Å². The van der Waals surface area contributed by atoms with E-state index in [0.29, 0.717) is 24.0 Å². The lowest BCUT2D eigenvalue weighted by Gasteiger charge is -2.31. The molecule has 0 radical (unpaired) electrons. The van der Waals surface area contributed by atoms with Crippen LogP contribution in [0.25, 0.3) is 11.0 Å². The summed E-state index contributed by atoms with van der Waals surface area (Å²) in [6.07, 6.45) is 3.63. The van der Waals surface area contributed by atoms with Gasteiger partial charge in [0.1, 0.15) is 5.82 Å². The molecule has 0 saturated carbocycles. The number of benzene rings is 1. The maximum Gasteiger partial charge on any atom is 0.253 e. The first-order chi connectivity index (χ1) is 12.7. The number of carbonyl (C=O) groups excluding carboxylic acids is 1. The molecular formula is C20H22N4O2. The summed E-state index contributed by atoms with van der Waals surface area (Å²) in [5, 5.41) is 0. The monoisotopic (exact) mass is 350 g/mol. The van der Waals surface area contributed by atoms with Gasteiger partial charge in [0.25, 0.3) is 5.91 Å². The number of fused-ring (bicyclic) bond motifs is 1. The number of hydrogen-bond acceptors (Lipinski definition) is 4. The van der Waals surface area contributed by atoms with Crippen LogP contribution >= 0.6 is 0 Å². The normalized spacial score (nSPS) is 15.3. The molecule has 3 heterocycles. The minimum absolute atomic E-state index is 0.0863. The molecule has 0 aliphatic carbocycles. The minimum atomic E-state index is 0.0863. The molecule has 1 amide bonds. The summed E-state index contributed by atoms with van der Waals surface area (Å²) in [5.41, 5.74) is 2.51. The number of imidazole rings is 1. The fourth-order valence-corrected chi connectivity index (χ4v) is 3.39. The summed E-state index contributed by atoms with van der Waals surface area (Å²) in [5.74, 6) is 2.06. The highest BCUT2D eigenvalue weighted by Crippen LogP contribution is 2.21. The molecule has 134 valence electrons. The Morgan fingerprint density at radius 2 is 2.12 bits per heavy atom. The van der Waals surface area contributed by atoms with Crippen molar-refractivity contribution in [3.8, 4) is 5.88 Å². The number of rotatable bonds is 4. The molecule has 3 aromatic rings. The SMILES string of the molecule is Cc1nc2ccc(C(=O)N3CCC(COc4ccccn4)CC3)cc2[nH]1. The third-order valence-electron chi connectivity index (χ3n) is 4.85. The number of nitrogens with zero attached hydrogens (tertiary/aromatic N) is 3. The molecule has 1 aromatic carbocycles. The summed E-state index contributed by atoms with van der Waals surface area (Å²) in [6, 6.07) is 11.3. The fraction of sp³-hybridized carbons (Fsp3) is 0.350. The Balaban J connectivity index is 1.34. The number of piperidine rings is 1. The van der Waals surface area contributed by atoms with E-state index >= 15 is 0 Å². The highest BCUT2D eigenvalue weighted by molar-refractivity contribution is 5.97. The number of likely N-dealkylation sites (tertiary alicyclic amines) is 1. The van der Waals surface area contributed by atoms with Gasteiger partial charge in [-0.1, -0.05) is 6.07 Å². The van der Waals surface area contributed by atoms with E-state index in [1.807, 2.05) is 48.2 Å². The Kier molecular flexibility index (Phi) is 4.56. The molecule has 2 aromatic heterocycles. The Bertz CT molecular complexity index is 899. The Labute approximate surface area is 152 Å². The van der Waals surface area contributed by atoms with Gasteiger partial charge in [0.15, 0.2) is 0 Å². The number of ether oxygens (including phenoxy) is 1. The molecule has 1 saturated heterocycles. The van der Waals surface area contributed by atoms with Crippen molar-refractivity contribution in [1.29, 1.82) is 0 Å². The third-order valence-corrected chi connectivity index (χ3v) is 4.85. The van der Waals surface area contributed by atoms with Gasteiger partial charge in [-0.3, -0.25) is 4.79 Å². The lowest BCUT2D eigenvalue weighted by Crippen LogP contribution is -2.39. The smallest absolute Gasteiger partial charge is 0.253 e. The number of H-pyrrole nitrogens is 1. The van der Waals surface area contributed by atoms with Gasteiger partial charge < -0.3 is 14.6 Å². The van der Waals surface area contributed by atoms with Crippen LogP contribution in [0.3, 0.4) is 0 Å². The van der Waals surface area contributed by atoms with E-state index in [9.17, 15) is 4.79 Å². The molecule has 4 rings (SSSR count). The predicted molar refractivity (Wildman–Crippen MR) is 99.2 cm³/mol. The fourth-order valence-electron chi connectivity index (χ4n) is 3.39. The topological polar surface area (TPSA) is 71.1 Å². The average molecular weight is 350 g/mol. The van der Waals surface area contributed by atoms with Crippen LogP contribution in [0.4, 0.5) is 0 Å². The summed E-state index contributed by atoms with van der Waals surface area (Å²) in [6.45, 7) is 4.09. The van der Waals surface area contributed by atoms with Crippen molar-refractivity contribution >= 4 is 16.9 Å². The second kappa shape index (κ2) is 7.15. The average Bonchev–Trinajstić information content (AvgIpc) is 3.06.